The molecule has 1 fully saturated rings. The van der Waals surface area contributed by atoms with E-state index < -0.39 is 12.1 Å². The van der Waals surface area contributed by atoms with E-state index in [2.05, 4.69) is 37.8 Å². The van der Waals surface area contributed by atoms with Gasteiger partial charge in [-0.05, 0) is 74.5 Å². The number of hydrogen-bond acceptors (Lipinski definition) is 3. The Hall–Kier alpha value is -2.08. The van der Waals surface area contributed by atoms with Crippen molar-refractivity contribution in [1.82, 2.24) is 0 Å². The first kappa shape index (κ1) is 25.2. The molecule has 31 heavy (non-hydrogen) atoms. The molecule has 3 heteroatoms. The maximum Gasteiger partial charge on any atom is 0.338 e. The number of carbonyl (C=O) groups is 2. The Morgan fingerprint density at radius 3 is 2.29 bits per heavy atom. The second kappa shape index (κ2) is 14.1. The highest BCUT2D eigenvalue weighted by Crippen LogP contribution is 2.37. The molecule has 0 bridgehead atoms. The number of Topliss-reactive ketones (excluding diaryl/α,β-unsaturated/α-hetero) is 1. The predicted octanol–water partition coefficient (Wildman–Crippen LogP) is 7.24. The Labute approximate surface area is 189 Å². The summed E-state index contributed by atoms with van der Waals surface area (Å²) in [5, 5.41) is 0. The molecule has 0 radical (unpaired) electrons. The highest BCUT2D eigenvalue weighted by molar-refractivity contribution is 6.01. The Kier molecular flexibility index (Phi) is 11.4. The van der Waals surface area contributed by atoms with Crippen LogP contribution in [0.5, 0.6) is 0 Å². The van der Waals surface area contributed by atoms with E-state index in [-0.39, 0.29) is 5.78 Å². The third-order valence-electron chi connectivity index (χ3n) is 6.45. The van der Waals surface area contributed by atoms with Gasteiger partial charge in [0.15, 0.2) is 6.10 Å². The van der Waals surface area contributed by atoms with Crippen molar-refractivity contribution < 1.29 is 14.3 Å². The average Bonchev–Trinajstić information content (AvgIpc) is 2.80. The first-order valence-electron chi connectivity index (χ1n) is 12.4. The molecular formula is C28H40O3. The van der Waals surface area contributed by atoms with Crippen molar-refractivity contribution in [2.24, 2.45) is 5.92 Å². The molecule has 0 aliphatic heterocycles. The summed E-state index contributed by atoms with van der Waals surface area (Å²) in [6.07, 6.45) is 13.8. The molecule has 1 aromatic carbocycles. The van der Waals surface area contributed by atoms with Gasteiger partial charge in [0.2, 0.25) is 5.78 Å². The third-order valence-corrected chi connectivity index (χ3v) is 6.45. The van der Waals surface area contributed by atoms with Gasteiger partial charge in [-0.1, -0.05) is 70.4 Å². The van der Waals surface area contributed by atoms with Crippen LogP contribution in [0.2, 0.25) is 0 Å². The molecule has 2 rings (SSSR count). The first-order chi connectivity index (χ1) is 15.0. The van der Waals surface area contributed by atoms with E-state index in [4.69, 9.17) is 4.74 Å². The molecule has 1 unspecified atom stereocenters. The zero-order valence-corrected chi connectivity index (χ0v) is 19.8. The van der Waals surface area contributed by atoms with Crippen LogP contribution in [0.3, 0.4) is 0 Å². The van der Waals surface area contributed by atoms with Crippen molar-refractivity contribution in [3.05, 3.63) is 35.4 Å². The van der Waals surface area contributed by atoms with Crippen molar-refractivity contribution in [1.29, 1.82) is 0 Å². The number of esters is 1. The molecule has 1 atom stereocenters. The fourth-order valence-electron chi connectivity index (χ4n) is 4.33. The minimum atomic E-state index is -0.839. The summed E-state index contributed by atoms with van der Waals surface area (Å²) in [6, 6.07) is 7.77. The van der Waals surface area contributed by atoms with Crippen molar-refractivity contribution in [3.8, 4) is 11.8 Å². The number of rotatable bonds is 11. The highest BCUT2D eigenvalue weighted by Gasteiger charge is 2.23. The lowest BCUT2D eigenvalue weighted by molar-refractivity contribution is -0.121. The number of benzene rings is 1. The topological polar surface area (TPSA) is 43.4 Å². The van der Waals surface area contributed by atoms with Gasteiger partial charge in [0.1, 0.15) is 0 Å². The van der Waals surface area contributed by atoms with E-state index in [9.17, 15) is 9.59 Å². The van der Waals surface area contributed by atoms with Gasteiger partial charge in [-0.25, -0.2) is 4.79 Å². The van der Waals surface area contributed by atoms with Crippen LogP contribution in [0.25, 0.3) is 0 Å². The molecule has 1 aromatic rings. The molecule has 0 N–H and O–H groups in total. The van der Waals surface area contributed by atoms with E-state index in [0.29, 0.717) is 17.9 Å². The number of unbranched alkanes of at least 4 members (excludes halogenated alkanes) is 5. The van der Waals surface area contributed by atoms with E-state index in [1.165, 1.54) is 63.4 Å². The van der Waals surface area contributed by atoms with E-state index in [1.807, 2.05) is 12.1 Å². The standard InChI is InChI=1S/C28H40O3/c1-4-6-8-10-12-23-14-16-24(17-15-23)25-18-20-26(21-19-25)28(30)31-22(3)27(29)13-11-9-7-5-2/h18-24H,4-10,12,14-17H2,1-3H3/t22?,23-,24-. The molecular weight excluding hydrogens is 384 g/mol. The summed E-state index contributed by atoms with van der Waals surface area (Å²) in [4.78, 5) is 24.4. The maximum absolute atomic E-state index is 12.4. The largest absolute Gasteiger partial charge is 0.450 e. The van der Waals surface area contributed by atoms with Crippen LogP contribution < -0.4 is 0 Å². The van der Waals surface area contributed by atoms with E-state index >= 15 is 0 Å². The van der Waals surface area contributed by atoms with Gasteiger partial charge < -0.3 is 4.74 Å². The summed E-state index contributed by atoms with van der Waals surface area (Å²) < 4.78 is 5.32. The lowest BCUT2D eigenvalue weighted by Gasteiger charge is -2.29. The van der Waals surface area contributed by atoms with Crippen LogP contribution in [0.1, 0.15) is 120 Å². The SMILES string of the molecule is CCCCC#CC(=O)C(C)OC(=O)c1ccc([C@H]2CC[C@H](CCCCCC)CC2)cc1. The maximum atomic E-state index is 12.4. The quantitative estimate of drug-likeness (QED) is 0.163. The van der Waals surface area contributed by atoms with E-state index in [0.717, 1.165) is 18.8 Å². The van der Waals surface area contributed by atoms with Gasteiger partial charge in [0.05, 0.1) is 5.56 Å². The molecule has 0 amide bonds. The van der Waals surface area contributed by atoms with Crippen molar-refractivity contribution >= 4 is 11.8 Å². The van der Waals surface area contributed by atoms with Gasteiger partial charge in [0.25, 0.3) is 0 Å². The van der Waals surface area contributed by atoms with Crippen LogP contribution in [0, 0.1) is 17.8 Å². The molecule has 1 saturated carbocycles. The molecule has 0 spiro atoms. The summed E-state index contributed by atoms with van der Waals surface area (Å²) in [7, 11) is 0. The van der Waals surface area contributed by atoms with Crippen LogP contribution >= 0.6 is 0 Å². The number of hydrogen-bond donors (Lipinski definition) is 0. The Morgan fingerprint density at radius 2 is 1.65 bits per heavy atom. The molecule has 1 aliphatic rings. The minimum absolute atomic E-state index is 0.340. The van der Waals surface area contributed by atoms with Crippen molar-refractivity contribution in [2.75, 3.05) is 0 Å². The molecule has 0 aromatic heterocycles. The number of ether oxygens (including phenoxy) is 1. The normalized spacial score (nSPS) is 19.2. The van der Waals surface area contributed by atoms with Crippen LogP contribution in [-0.2, 0) is 9.53 Å². The molecule has 0 heterocycles. The van der Waals surface area contributed by atoms with Gasteiger partial charge >= 0.3 is 5.97 Å². The Balaban J connectivity index is 1.79. The zero-order chi connectivity index (χ0) is 22.5. The lowest BCUT2D eigenvalue weighted by Crippen LogP contribution is -2.23. The number of ketones is 1. The molecule has 170 valence electrons. The predicted molar refractivity (Wildman–Crippen MR) is 127 cm³/mol. The summed E-state index contributed by atoms with van der Waals surface area (Å²) >= 11 is 0. The van der Waals surface area contributed by atoms with Gasteiger partial charge in [0, 0.05) is 6.42 Å². The monoisotopic (exact) mass is 424 g/mol. The lowest BCUT2D eigenvalue weighted by atomic mass is 9.77. The second-order valence-electron chi connectivity index (χ2n) is 9.01. The summed E-state index contributed by atoms with van der Waals surface area (Å²) in [6.45, 7) is 5.93. The fourth-order valence-corrected chi connectivity index (χ4v) is 4.33. The van der Waals surface area contributed by atoms with Crippen molar-refractivity contribution in [3.63, 3.8) is 0 Å². The van der Waals surface area contributed by atoms with E-state index in [1.54, 1.807) is 6.92 Å². The molecule has 3 nitrogen and oxygen atoms in total. The van der Waals surface area contributed by atoms with Crippen LogP contribution in [0.4, 0.5) is 0 Å². The van der Waals surface area contributed by atoms with Crippen molar-refractivity contribution in [2.45, 2.75) is 110 Å². The second-order valence-corrected chi connectivity index (χ2v) is 9.01. The Bertz CT molecular complexity index is 730. The van der Waals surface area contributed by atoms with Gasteiger partial charge in [-0.2, -0.15) is 0 Å². The minimum Gasteiger partial charge on any atom is -0.450 e. The van der Waals surface area contributed by atoms with Gasteiger partial charge in [-0.15, -0.1) is 0 Å². The zero-order valence-electron chi connectivity index (χ0n) is 19.8. The average molecular weight is 425 g/mol. The van der Waals surface area contributed by atoms with Crippen LogP contribution in [-0.4, -0.2) is 17.9 Å². The van der Waals surface area contributed by atoms with Crippen LogP contribution in [0.15, 0.2) is 24.3 Å². The first-order valence-corrected chi connectivity index (χ1v) is 12.4. The Morgan fingerprint density at radius 1 is 0.968 bits per heavy atom. The summed E-state index contributed by atoms with van der Waals surface area (Å²) in [5.41, 5.74) is 1.80. The van der Waals surface area contributed by atoms with Gasteiger partial charge in [-0.3, -0.25) is 4.79 Å². The summed E-state index contributed by atoms with van der Waals surface area (Å²) in [5.74, 6) is 6.12. The fraction of sp³-hybridized carbons (Fsp3) is 0.643. The number of carbonyl (C=O) groups excluding carboxylic acids is 2. The highest BCUT2D eigenvalue weighted by atomic mass is 16.5. The third kappa shape index (κ3) is 8.90. The smallest absolute Gasteiger partial charge is 0.338 e. The molecule has 0 saturated heterocycles. The molecule has 1 aliphatic carbocycles.